The first-order chi connectivity index (χ1) is 5.04. The summed E-state index contributed by atoms with van der Waals surface area (Å²) in [6.45, 7) is 3.83. The summed E-state index contributed by atoms with van der Waals surface area (Å²) in [5.41, 5.74) is 0. The van der Waals surface area contributed by atoms with Crippen LogP contribution in [0.2, 0.25) is 0 Å². The molecule has 1 heterocycles. The first-order valence-electron chi connectivity index (χ1n) is 3.61. The van der Waals surface area contributed by atoms with Crippen LogP contribution in [0, 0.1) is 5.92 Å². The number of nitrogens with one attached hydrogen (secondary N) is 1. The summed E-state index contributed by atoms with van der Waals surface area (Å²) in [4.78, 5) is 23.4. The van der Waals surface area contributed by atoms with E-state index in [1.54, 1.807) is 7.05 Å². The third-order valence-electron chi connectivity index (χ3n) is 1.87. The molecule has 4 nitrogen and oxygen atoms in total. The minimum absolute atomic E-state index is 0.173. The molecule has 0 aromatic heterocycles. The maximum absolute atomic E-state index is 11.1. The fourth-order valence-electron chi connectivity index (χ4n) is 1.32. The topological polar surface area (TPSA) is 49.4 Å². The Bertz CT molecular complexity index is 201. The minimum atomic E-state index is -0.297. The van der Waals surface area contributed by atoms with Gasteiger partial charge in [0.2, 0.25) is 0 Å². The van der Waals surface area contributed by atoms with Crippen molar-refractivity contribution in [2.45, 2.75) is 19.9 Å². The Hall–Kier alpha value is -1.06. The lowest BCUT2D eigenvalue weighted by Gasteiger charge is -2.19. The van der Waals surface area contributed by atoms with E-state index in [1.165, 1.54) is 4.90 Å². The van der Waals surface area contributed by atoms with Crippen molar-refractivity contribution in [2.75, 3.05) is 7.05 Å². The number of nitrogens with zero attached hydrogens (tertiary/aromatic N) is 1. The lowest BCUT2D eigenvalue weighted by molar-refractivity contribution is -0.122. The van der Waals surface area contributed by atoms with Crippen molar-refractivity contribution < 1.29 is 9.59 Å². The Balaban J connectivity index is 2.79. The van der Waals surface area contributed by atoms with Crippen LogP contribution in [0.3, 0.4) is 0 Å². The van der Waals surface area contributed by atoms with Gasteiger partial charge in [-0.2, -0.15) is 0 Å². The van der Waals surface area contributed by atoms with E-state index >= 15 is 0 Å². The van der Waals surface area contributed by atoms with Crippen LogP contribution in [0.5, 0.6) is 0 Å². The maximum atomic E-state index is 11.1. The van der Waals surface area contributed by atoms with Crippen molar-refractivity contribution in [1.82, 2.24) is 10.2 Å². The summed E-state index contributed by atoms with van der Waals surface area (Å²) in [5, 5.41) is 2.25. The normalized spacial score (nSPS) is 24.7. The van der Waals surface area contributed by atoms with Gasteiger partial charge < -0.3 is 4.90 Å². The molecule has 0 bridgehead atoms. The van der Waals surface area contributed by atoms with E-state index in [1.807, 2.05) is 13.8 Å². The van der Waals surface area contributed by atoms with Crippen molar-refractivity contribution in [3.8, 4) is 0 Å². The molecule has 1 saturated heterocycles. The van der Waals surface area contributed by atoms with E-state index < -0.39 is 0 Å². The number of carbonyl (C=O) groups is 2. The number of likely N-dealkylation sites (N-methyl/N-ethyl adjacent to an activating group) is 1. The van der Waals surface area contributed by atoms with Crippen LogP contribution >= 0.6 is 0 Å². The van der Waals surface area contributed by atoms with Crippen LogP contribution in [-0.4, -0.2) is 29.9 Å². The van der Waals surface area contributed by atoms with Crippen molar-refractivity contribution in [2.24, 2.45) is 5.92 Å². The van der Waals surface area contributed by atoms with Crippen molar-refractivity contribution >= 4 is 11.9 Å². The molecule has 3 amide bonds. The quantitative estimate of drug-likeness (QED) is 0.551. The van der Waals surface area contributed by atoms with Crippen LogP contribution in [-0.2, 0) is 4.79 Å². The molecule has 1 unspecified atom stereocenters. The van der Waals surface area contributed by atoms with Gasteiger partial charge in [0.1, 0.15) is 6.04 Å². The van der Waals surface area contributed by atoms with Crippen LogP contribution in [0.25, 0.3) is 0 Å². The van der Waals surface area contributed by atoms with Gasteiger partial charge in [0, 0.05) is 7.05 Å². The Morgan fingerprint density at radius 2 is 2.00 bits per heavy atom. The second-order valence-corrected chi connectivity index (χ2v) is 3.09. The summed E-state index contributed by atoms with van der Waals surface area (Å²) in [7, 11) is 1.63. The molecule has 0 aromatic rings. The molecule has 4 heteroatoms. The second kappa shape index (κ2) is 2.53. The van der Waals surface area contributed by atoms with Gasteiger partial charge >= 0.3 is 6.03 Å². The van der Waals surface area contributed by atoms with E-state index in [0.717, 1.165) is 0 Å². The van der Waals surface area contributed by atoms with Crippen LogP contribution in [0.4, 0.5) is 4.79 Å². The maximum Gasteiger partial charge on any atom is 0.324 e. The predicted octanol–water partition coefficient (Wildman–Crippen LogP) is 0.193. The van der Waals surface area contributed by atoms with Crippen molar-refractivity contribution in [3.63, 3.8) is 0 Å². The number of urea groups is 1. The summed E-state index contributed by atoms with van der Waals surface area (Å²) in [5.74, 6) is -0.0149. The van der Waals surface area contributed by atoms with Gasteiger partial charge in [0.05, 0.1) is 0 Å². The van der Waals surface area contributed by atoms with E-state index in [9.17, 15) is 9.59 Å². The first-order valence-corrected chi connectivity index (χ1v) is 3.61. The highest BCUT2D eigenvalue weighted by Gasteiger charge is 2.37. The molecule has 1 N–H and O–H groups in total. The molecule has 11 heavy (non-hydrogen) atoms. The lowest BCUT2D eigenvalue weighted by Crippen LogP contribution is -2.35. The van der Waals surface area contributed by atoms with Gasteiger partial charge in [-0.25, -0.2) is 4.79 Å². The van der Waals surface area contributed by atoms with Crippen molar-refractivity contribution in [1.29, 1.82) is 0 Å². The van der Waals surface area contributed by atoms with Gasteiger partial charge in [0.25, 0.3) is 5.91 Å². The van der Waals surface area contributed by atoms with Crippen LogP contribution in [0.15, 0.2) is 0 Å². The largest absolute Gasteiger partial charge is 0.324 e. The van der Waals surface area contributed by atoms with Gasteiger partial charge in [0.15, 0.2) is 0 Å². The van der Waals surface area contributed by atoms with E-state index in [0.29, 0.717) is 0 Å². The molecule has 1 fully saturated rings. The van der Waals surface area contributed by atoms with Crippen LogP contribution in [0.1, 0.15) is 13.8 Å². The monoisotopic (exact) mass is 156 g/mol. The van der Waals surface area contributed by atoms with Gasteiger partial charge in [-0.3, -0.25) is 10.1 Å². The molecule has 62 valence electrons. The molecule has 0 spiro atoms. The predicted molar refractivity (Wildman–Crippen MR) is 39.9 cm³/mol. The number of imide groups is 1. The third-order valence-corrected chi connectivity index (χ3v) is 1.87. The first kappa shape index (κ1) is 8.04. The summed E-state index contributed by atoms with van der Waals surface area (Å²) >= 11 is 0. The summed E-state index contributed by atoms with van der Waals surface area (Å²) < 4.78 is 0. The zero-order valence-corrected chi connectivity index (χ0v) is 6.92. The van der Waals surface area contributed by atoms with E-state index in [4.69, 9.17) is 0 Å². The smallest absolute Gasteiger partial charge is 0.315 e. The van der Waals surface area contributed by atoms with E-state index in [2.05, 4.69) is 5.32 Å². The lowest BCUT2D eigenvalue weighted by atomic mass is 10.0. The van der Waals surface area contributed by atoms with Crippen molar-refractivity contribution in [3.05, 3.63) is 0 Å². The number of amides is 3. The average Bonchev–Trinajstić information content (AvgIpc) is 2.07. The highest BCUT2D eigenvalue weighted by molar-refractivity contribution is 6.04. The molecule has 1 rings (SSSR count). The van der Waals surface area contributed by atoms with E-state index in [-0.39, 0.29) is 23.9 Å². The number of carbonyl (C=O) groups excluding carboxylic acids is 2. The Morgan fingerprint density at radius 3 is 2.18 bits per heavy atom. The highest BCUT2D eigenvalue weighted by Crippen LogP contribution is 2.13. The van der Waals surface area contributed by atoms with Gasteiger partial charge in [-0.1, -0.05) is 13.8 Å². The number of rotatable bonds is 1. The number of hydrogen-bond donors (Lipinski definition) is 1. The Labute approximate surface area is 65.6 Å². The summed E-state index contributed by atoms with van der Waals surface area (Å²) in [6.07, 6.45) is 0. The Kier molecular flexibility index (Phi) is 1.85. The summed E-state index contributed by atoms with van der Waals surface area (Å²) in [6, 6.07) is -0.587. The molecule has 0 saturated carbocycles. The fourth-order valence-corrected chi connectivity index (χ4v) is 1.32. The molecule has 0 radical (unpaired) electrons. The molecule has 1 aliphatic heterocycles. The highest BCUT2D eigenvalue weighted by atomic mass is 16.2. The van der Waals surface area contributed by atoms with Crippen LogP contribution < -0.4 is 5.32 Å². The molecular weight excluding hydrogens is 144 g/mol. The molecule has 1 aliphatic rings. The molecule has 0 aliphatic carbocycles. The fraction of sp³-hybridized carbons (Fsp3) is 0.714. The zero-order valence-electron chi connectivity index (χ0n) is 6.92. The zero-order chi connectivity index (χ0) is 8.59. The standard InChI is InChI=1S/C7H12N2O2/c1-4(2)5-6(10)8-7(11)9(5)3/h4-5H,1-3H3,(H,8,10,11). The minimum Gasteiger partial charge on any atom is -0.315 e. The second-order valence-electron chi connectivity index (χ2n) is 3.09. The Morgan fingerprint density at radius 1 is 1.45 bits per heavy atom. The average molecular weight is 156 g/mol. The molecule has 1 atom stereocenters. The SMILES string of the molecule is CC(C)C1C(=O)NC(=O)N1C. The molecule has 0 aromatic carbocycles. The number of hydrogen-bond acceptors (Lipinski definition) is 2. The molecular formula is C7H12N2O2. The van der Waals surface area contributed by atoms with Gasteiger partial charge in [-0.15, -0.1) is 0 Å². The van der Waals surface area contributed by atoms with Gasteiger partial charge in [-0.05, 0) is 5.92 Å². The third kappa shape index (κ3) is 1.20.